The van der Waals surface area contributed by atoms with Gasteiger partial charge in [0.1, 0.15) is 0 Å². The van der Waals surface area contributed by atoms with Gasteiger partial charge in [-0.1, -0.05) is 13.8 Å². The van der Waals surface area contributed by atoms with Crippen LogP contribution in [0.2, 0.25) is 0 Å². The van der Waals surface area contributed by atoms with E-state index in [1.807, 2.05) is 13.8 Å². The summed E-state index contributed by atoms with van der Waals surface area (Å²) in [5.41, 5.74) is 0. The van der Waals surface area contributed by atoms with Crippen LogP contribution in [0, 0.1) is 0 Å². The lowest BCUT2D eigenvalue weighted by Gasteiger charge is -2.32. The van der Waals surface area contributed by atoms with E-state index in [1.54, 1.807) is 11.9 Å². The Hall–Kier alpha value is -1.43. The Morgan fingerprint density at radius 3 is 2.43 bits per heavy atom. The first kappa shape index (κ1) is 15.9. The molecule has 0 radical (unpaired) electrons. The monoisotopic (exact) mass is 295 g/mol. The average molecular weight is 295 g/mol. The van der Waals surface area contributed by atoms with Crippen LogP contribution in [-0.4, -0.2) is 59.2 Å². The minimum atomic E-state index is -0.426. The van der Waals surface area contributed by atoms with Crippen LogP contribution < -0.4 is 5.32 Å². The first-order valence-corrected chi connectivity index (χ1v) is 7.83. The molecule has 2 aliphatic heterocycles. The van der Waals surface area contributed by atoms with Crippen LogP contribution in [0.5, 0.6) is 0 Å². The Morgan fingerprint density at radius 2 is 1.86 bits per heavy atom. The summed E-state index contributed by atoms with van der Waals surface area (Å²) in [5.74, 6) is -0.0415. The van der Waals surface area contributed by atoms with Gasteiger partial charge in [-0.15, -0.1) is 0 Å². The predicted molar refractivity (Wildman–Crippen MR) is 78.4 cm³/mol. The van der Waals surface area contributed by atoms with Crippen molar-refractivity contribution < 1.29 is 14.4 Å². The van der Waals surface area contributed by atoms with Gasteiger partial charge in [-0.25, -0.2) is 0 Å². The van der Waals surface area contributed by atoms with Crippen molar-refractivity contribution >= 4 is 17.7 Å². The molecule has 2 rings (SSSR count). The first-order chi connectivity index (χ1) is 9.97. The van der Waals surface area contributed by atoms with Gasteiger partial charge >= 0.3 is 0 Å². The summed E-state index contributed by atoms with van der Waals surface area (Å²) in [7, 11) is 1.77. The Labute approximate surface area is 125 Å². The van der Waals surface area contributed by atoms with Gasteiger partial charge < -0.3 is 10.2 Å². The van der Waals surface area contributed by atoms with Gasteiger partial charge in [0.05, 0.1) is 12.5 Å². The molecule has 118 valence electrons. The number of rotatable bonds is 5. The molecule has 2 unspecified atom stereocenters. The van der Waals surface area contributed by atoms with Crippen molar-refractivity contribution in [3.05, 3.63) is 0 Å². The maximum absolute atomic E-state index is 12.5. The van der Waals surface area contributed by atoms with Gasteiger partial charge in [-0.05, 0) is 19.3 Å². The van der Waals surface area contributed by atoms with E-state index in [2.05, 4.69) is 5.32 Å². The zero-order chi connectivity index (χ0) is 15.6. The number of likely N-dealkylation sites (N-methyl/N-ethyl adjacent to an activating group) is 1. The smallest absolute Gasteiger partial charge is 0.247 e. The van der Waals surface area contributed by atoms with E-state index >= 15 is 0 Å². The fourth-order valence-electron chi connectivity index (χ4n) is 3.25. The molecule has 1 N–H and O–H groups in total. The molecule has 3 amide bonds. The molecule has 0 aromatic heterocycles. The van der Waals surface area contributed by atoms with Crippen molar-refractivity contribution in [3.63, 3.8) is 0 Å². The van der Waals surface area contributed by atoms with Crippen molar-refractivity contribution in [2.75, 3.05) is 13.6 Å². The highest BCUT2D eigenvalue weighted by Crippen LogP contribution is 2.21. The average Bonchev–Trinajstić information content (AvgIpc) is 2.72. The fraction of sp³-hybridized carbons (Fsp3) is 0.800. The summed E-state index contributed by atoms with van der Waals surface area (Å²) < 4.78 is 0. The normalized spacial score (nSPS) is 27.1. The molecule has 6 heteroatoms. The number of hydrogen-bond acceptors (Lipinski definition) is 4. The predicted octanol–water partition coefficient (Wildman–Crippen LogP) is 0.513. The third-order valence-electron chi connectivity index (χ3n) is 4.55. The Kier molecular flexibility index (Phi) is 4.98. The highest BCUT2D eigenvalue weighted by atomic mass is 16.2. The quantitative estimate of drug-likeness (QED) is 0.751. The number of imide groups is 1. The zero-order valence-electron chi connectivity index (χ0n) is 13.1. The Balaban J connectivity index is 1.98. The Morgan fingerprint density at radius 1 is 1.19 bits per heavy atom. The van der Waals surface area contributed by atoms with Crippen LogP contribution in [0.4, 0.5) is 0 Å². The molecule has 6 nitrogen and oxygen atoms in total. The minimum absolute atomic E-state index is 0.00686. The number of nitrogens with zero attached hydrogens (tertiary/aromatic N) is 2. The van der Waals surface area contributed by atoms with Crippen LogP contribution in [0.3, 0.4) is 0 Å². The summed E-state index contributed by atoms with van der Waals surface area (Å²) in [5, 5.41) is 3.28. The molecule has 0 aromatic rings. The number of likely N-dealkylation sites (tertiary alicyclic amines) is 2. The van der Waals surface area contributed by atoms with Crippen molar-refractivity contribution in [2.45, 2.75) is 64.1 Å². The second kappa shape index (κ2) is 6.56. The van der Waals surface area contributed by atoms with Gasteiger partial charge in [-0.2, -0.15) is 0 Å². The van der Waals surface area contributed by atoms with Crippen LogP contribution in [-0.2, 0) is 14.4 Å². The first-order valence-electron chi connectivity index (χ1n) is 7.83. The van der Waals surface area contributed by atoms with Crippen LogP contribution in [0.25, 0.3) is 0 Å². The molecule has 0 aliphatic carbocycles. The van der Waals surface area contributed by atoms with Crippen LogP contribution >= 0.6 is 0 Å². The Bertz CT molecular complexity index is 434. The molecule has 0 aromatic carbocycles. The van der Waals surface area contributed by atoms with E-state index < -0.39 is 6.04 Å². The number of piperidine rings is 1. The second-order valence-electron chi connectivity index (χ2n) is 6.01. The molecule has 2 aliphatic rings. The third kappa shape index (κ3) is 3.26. The number of hydrogen-bond donors (Lipinski definition) is 1. The van der Waals surface area contributed by atoms with Crippen molar-refractivity contribution in [1.82, 2.24) is 15.1 Å². The molecule has 0 spiro atoms. The number of carbonyl (C=O) groups is 3. The SMILES string of the molecule is CCC(CC)N1C(=O)CC(NC2CCC(=O)N(C)C2)C1=O. The van der Waals surface area contributed by atoms with E-state index in [4.69, 9.17) is 0 Å². The van der Waals surface area contributed by atoms with Gasteiger partial charge in [0, 0.05) is 32.1 Å². The van der Waals surface area contributed by atoms with Crippen LogP contribution in [0.15, 0.2) is 0 Å². The summed E-state index contributed by atoms with van der Waals surface area (Å²) in [6, 6.07) is -0.326. The lowest BCUT2D eigenvalue weighted by Crippen LogP contribution is -2.52. The second-order valence-corrected chi connectivity index (χ2v) is 6.01. The standard InChI is InChI=1S/C15H25N3O3/c1-4-11(5-2)18-14(20)8-12(15(18)21)16-10-6-7-13(19)17(3)9-10/h10-12,16H,4-9H2,1-3H3. The molecular formula is C15H25N3O3. The summed E-state index contributed by atoms with van der Waals surface area (Å²) in [4.78, 5) is 39.2. The van der Waals surface area contributed by atoms with E-state index in [9.17, 15) is 14.4 Å². The molecule has 2 atom stereocenters. The van der Waals surface area contributed by atoms with Crippen molar-refractivity contribution in [2.24, 2.45) is 0 Å². The lowest BCUT2D eigenvalue weighted by atomic mass is 10.0. The molecular weight excluding hydrogens is 270 g/mol. The number of carbonyl (C=O) groups excluding carboxylic acids is 3. The summed E-state index contributed by atoms with van der Waals surface area (Å²) in [6.45, 7) is 4.59. The molecule has 21 heavy (non-hydrogen) atoms. The highest BCUT2D eigenvalue weighted by molar-refractivity contribution is 6.05. The largest absolute Gasteiger partial charge is 0.344 e. The minimum Gasteiger partial charge on any atom is -0.344 e. The summed E-state index contributed by atoms with van der Waals surface area (Å²) in [6.07, 6.45) is 3.05. The molecule has 0 bridgehead atoms. The van der Waals surface area contributed by atoms with Crippen LogP contribution in [0.1, 0.15) is 46.0 Å². The van der Waals surface area contributed by atoms with E-state index in [0.29, 0.717) is 13.0 Å². The summed E-state index contributed by atoms with van der Waals surface area (Å²) >= 11 is 0. The molecule has 2 saturated heterocycles. The third-order valence-corrected chi connectivity index (χ3v) is 4.55. The van der Waals surface area contributed by atoms with Gasteiger partial charge in [0.25, 0.3) is 0 Å². The molecule has 0 saturated carbocycles. The number of nitrogens with one attached hydrogen (secondary N) is 1. The number of amides is 3. The topological polar surface area (TPSA) is 69.7 Å². The van der Waals surface area contributed by atoms with E-state index in [-0.39, 0.29) is 36.2 Å². The maximum atomic E-state index is 12.5. The van der Waals surface area contributed by atoms with E-state index in [1.165, 1.54) is 4.90 Å². The molecule has 2 fully saturated rings. The van der Waals surface area contributed by atoms with Gasteiger partial charge in [0.15, 0.2) is 0 Å². The maximum Gasteiger partial charge on any atom is 0.247 e. The van der Waals surface area contributed by atoms with E-state index in [0.717, 1.165) is 19.3 Å². The van der Waals surface area contributed by atoms with Gasteiger partial charge in [-0.3, -0.25) is 19.3 Å². The molecule has 2 heterocycles. The zero-order valence-corrected chi connectivity index (χ0v) is 13.1. The fourth-order valence-corrected chi connectivity index (χ4v) is 3.25. The van der Waals surface area contributed by atoms with Crippen molar-refractivity contribution in [3.8, 4) is 0 Å². The highest BCUT2D eigenvalue weighted by Gasteiger charge is 2.42. The van der Waals surface area contributed by atoms with Gasteiger partial charge in [0.2, 0.25) is 17.7 Å². The lowest BCUT2D eigenvalue weighted by molar-refractivity contribution is -0.141. The van der Waals surface area contributed by atoms with Crippen molar-refractivity contribution in [1.29, 1.82) is 0 Å².